The molecule has 7 nitrogen and oxygen atoms in total. The van der Waals surface area contributed by atoms with Crippen molar-refractivity contribution in [1.29, 1.82) is 0 Å². The zero-order valence-electron chi connectivity index (χ0n) is 12.6. The smallest absolute Gasteiger partial charge is 0.315 e. The monoisotopic (exact) mass is 296 g/mol. The Kier molecular flexibility index (Phi) is 7.28. The van der Waals surface area contributed by atoms with E-state index in [-0.39, 0.29) is 24.4 Å². The highest BCUT2D eigenvalue weighted by Crippen LogP contribution is 2.11. The first-order chi connectivity index (χ1) is 10.0. The number of rotatable bonds is 9. The van der Waals surface area contributed by atoms with E-state index in [2.05, 4.69) is 20.6 Å². The molecule has 4 N–H and O–H groups in total. The van der Waals surface area contributed by atoms with Gasteiger partial charge in [-0.15, -0.1) is 0 Å². The number of nitrogens with one attached hydrogen (secondary N) is 3. The minimum absolute atomic E-state index is 0.135. The fourth-order valence-corrected chi connectivity index (χ4v) is 1.99. The van der Waals surface area contributed by atoms with E-state index in [1.807, 2.05) is 13.8 Å². The van der Waals surface area contributed by atoms with Crippen molar-refractivity contribution in [3.8, 4) is 0 Å². The van der Waals surface area contributed by atoms with Crippen LogP contribution in [-0.4, -0.2) is 33.6 Å². The van der Waals surface area contributed by atoms with Crippen molar-refractivity contribution in [2.45, 2.75) is 45.6 Å². The van der Waals surface area contributed by atoms with Crippen molar-refractivity contribution in [3.63, 3.8) is 0 Å². The highest BCUT2D eigenvalue weighted by Gasteiger charge is 2.14. The lowest BCUT2D eigenvalue weighted by atomic mass is 10.0. The van der Waals surface area contributed by atoms with E-state index >= 15 is 0 Å². The highest BCUT2D eigenvalue weighted by atomic mass is 16.4. The molecule has 0 saturated carbocycles. The van der Waals surface area contributed by atoms with Crippen molar-refractivity contribution in [2.24, 2.45) is 5.92 Å². The number of hydrogen-bond donors (Lipinski definition) is 4. The maximum atomic E-state index is 11.8. The van der Waals surface area contributed by atoms with Gasteiger partial charge in [0.05, 0.1) is 6.04 Å². The standard InChI is InChI=1S/C14H24N4O3/c1-3-11(13-15-8-9-16-13)18-14(21)17-7-6-10(2)4-5-12(19)20/h8-11H,3-7H2,1-2H3,(H,15,16)(H,19,20)(H2,17,18,21). The predicted octanol–water partition coefficient (Wildman–Crippen LogP) is 2.05. The number of aliphatic carboxylic acids is 1. The van der Waals surface area contributed by atoms with Crippen LogP contribution in [0.2, 0.25) is 0 Å². The van der Waals surface area contributed by atoms with Crippen LogP contribution in [0.25, 0.3) is 0 Å². The van der Waals surface area contributed by atoms with Crippen LogP contribution in [0.15, 0.2) is 12.4 Å². The Morgan fingerprint density at radius 2 is 2.19 bits per heavy atom. The number of H-pyrrole nitrogens is 1. The summed E-state index contributed by atoms with van der Waals surface area (Å²) in [6.07, 6.45) is 5.68. The van der Waals surface area contributed by atoms with Gasteiger partial charge in [-0.3, -0.25) is 4.79 Å². The van der Waals surface area contributed by atoms with Gasteiger partial charge in [-0.2, -0.15) is 0 Å². The number of carboxylic acid groups (broad SMARTS) is 1. The molecule has 0 spiro atoms. The Hall–Kier alpha value is -2.05. The van der Waals surface area contributed by atoms with Gasteiger partial charge in [0.2, 0.25) is 0 Å². The lowest BCUT2D eigenvalue weighted by Gasteiger charge is -2.16. The van der Waals surface area contributed by atoms with Crippen LogP contribution >= 0.6 is 0 Å². The fourth-order valence-electron chi connectivity index (χ4n) is 1.99. The van der Waals surface area contributed by atoms with Gasteiger partial charge in [0, 0.05) is 25.4 Å². The second kappa shape index (κ2) is 8.99. The van der Waals surface area contributed by atoms with Crippen LogP contribution in [0.4, 0.5) is 4.79 Å². The van der Waals surface area contributed by atoms with Gasteiger partial charge in [-0.1, -0.05) is 13.8 Å². The summed E-state index contributed by atoms with van der Waals surface area (Å²) in [6, 6.07) is -0.367. The second-order valence-electron chi connectivity index (χ2n) is 5.16. The summed E-state index contributed by atoms with van der Waals surface area (Å²) in [6.45, 7) is 4.49. The lowest BCUT2D eigenvalue weighted by molar-refractivity contribution is -0.137. The summed E-state index contributed by atoms with van der Waals surface area (Å²) < 4.78 is 0. The average Bonchev–Trinajstić information content (AvgIpc) is 2.96. The molecule has 2 atom stereocenters. The molecular weight excluding hydrogens is 272 g/mol. The molecule has 118 valence electrons. The maximum absolute atomic E-state index is 11.8. The molecule has 0 radical (unpaired) electrons. The van der Waals surface area contributed by atoms with Crippen molar-refractivity contribution in [3.05, 3.63) is 18.2 Å². The quantitative estimate of drug-likeness (QED) is 0.559. The van der Waals surface area contributed by atoms with E-state index < -0.39 is 5.97 Å². The van der Waals surface area contributed by atoms with E-state index in [0.29, 0.717) is 13.0 Å². The molecule has 0 aliphatic heterocycles. The molecule has 1 aromatic heterocycles. The molecule has 0 bridgehead atoms. The summed E-state index contributed by atoms with van der Waals surface area (Å²) >= 11 is 0. The summed E-state index contributed by atoms with van der Waals surface area (Å²) in [7, 11) is 0. The van der Waals surface area contributed by atoms with Crippen molar-refractivity contribution in [2.75, 3.05) is 6.54 Å². The second-order valence-corrected chi connectivity index (χ2v) is 5.16. The van der Waals surface area contributed by atoms with Gasteiger partial charge in [-0.05, 0) is 25.2 Å². The maximum Gasteiger partial charge on any atom is 0.315 e. The Morgan fingerprint density at radius 3 is 2.76 bits per heavy atom. The Morgan fingerprint density at radius 1 is 1.43 bits per heavy atom. The van der Waals surface area contributed by atoms with Gasteiger partial charge < -0.3 is 20.7 Å². The van der Waals surface area contributed by atoms with Crippen molar-refractivity contribution < 1.29 is 14.7 Å². The minimum Gasteiger partial charge on any atom is -0.481 e. The van der Waals surface area contributed by atoms with Crippen LogP contribution in [0.5, 0.6) is 0 Å². The highest BCUT2D eigenvalue weighted by molar-refractivity contribution is 5.74. The van der Waals surface area contributed by atoms with E-state index in [4.69, 9.17) is 5.11 Å². The normalized spacial score (nSPS) is 13.4. The number of carbonyl (C=O) groups is 2. The third-order valence-corrected chi connectivity index (χ3v) is 3.34. The molecule has 7 heteroatoms. The first-order valence-electron chi connectivity index (χ1n) is 7.28. The van der Waals surface area contributed by atoms with Gasteiger partial charge in [0.25, 0.3) is 0 Å². The molecule has 1 aromatic rings. The van der Waals surface area contributed by atoms with Crippen molar-refractivity contribution >= 4 is 12.0 Å². The molecule has 1 rings (SSSR count). The number of urea groups is 1. The van der Waals surface area contributed by atoms with Gasteiger partial charge >= 0.3 is 12.0 Å². The lowest BCUT2D eigenvalue weighted by Crippen LogP contribution is -2.39. The molecule has 0 aliphatic rings. The minimum atomic E-state index is -0.781. The predicted molar refractivity (Wildman–Crippen MR) is 78.8 cm³/mol. The number of nitrogens with zero attached hydrogens (tertiary/aromatic N) is 1. The Labute approximate surface area is 124 Å². The fraction of sp³-hybridized carbons (Fsp3) is 0.643. The van der Waals surface area contributed by atoms with Crippen LogP contribution in [0.3, 0.4) is 0 Å². The first kappa shape index (κ1) is 17.0. The Bertz CT molecular complexity index is 433. The van der Waals surface area contributed by atoms with E-state index in [0.717, 1.165) is 18.7 Å². The summed E-state index contributed by atoms with van der Waals surface area (Å²) in [4.78, 5) is 29.4. The number of hydrogen-bond acceptors (Lipinski definition) is 3. The van der Waals surface area contributed by atoms with Crippen molar-refractivity contribution in [1.82, 2.24) is 20.6 Å². The zero-order chi connectivity index (χ0) is 15.7. The summed E-state index contributed by atoms with van der Waals surface area (Å²) in [5.41, 5.74) is 0. The number of carbonyl (C=O) groups excluding carboxylic acids is 1. The van der Waals surface area contributed by atoms with E-state index in [1.54, 1.807) is 12.4 Å². The van der Waals surface area contributed by atoms with Crippen LogP contribution in [0, 0.1) is 5.92 Å². The number of aromatic nitrogens is 2. The SMILES string of the molecule is CCC(NC(=O)NCCC(C)CCC(=O)O)c1ncc[nH]1. The topological polar surface area (TPSA) is 107 Å². The number of imidazole rings is 1. The summed E-state index contributed by atoms with van der Waals surface area (Å²) in [5, 5.41) is 14.2. The number of amides is 2. The van der Waals surface area contributed by atoms with Gasteiger partial charge in [0.1, 0.15) is 5.82 Å². The van der Waals surface area contributed by atoms with Gasteiger partial charge in [0.15, 0.2) is 0 Å². The molecule has 2 amide bonds. The molecule has 21 heavy (non-hydrogen) atoms. The molecule has 0 aliphatic carbocycles. The molecule has 1 heterocycles. The summed E-state index contributed by atoms with van der Waals surface area (Å²) in [5.74, 6) is 0.229. The zero-order valence-corrected chi connectivity index (χ0v) is 12.6. The molecular formula is C14H24N4O3. The van der Waals surface area contributed by atoms with E-state index in [1.165, 1.54) is 0 Å². The van der Waals surface area contributed by atoms with E-state index in [9.17, 15) is 9.59 Å². The van der Waals surface area contributed by atoms with Gasteiger partial charge in [-0.25, -0.2) is 9.78 Å². The Balaban J connectivity index is 2.23. The third kappa shape index (κ3) is 6.78. The van der Waals surface area contributed by atoms with Crippen LogP contribution in [0.1, 0.15) is 51.4 Å². The average molecular weight is 296 g/mol. The first-order valence-corrected chi connectivity index (χ1v) is 7.28. The number of carboxylic acids is 1. The largest absolute Gasteiger partial charge is 0.481 e. The molecule has 2 unspecified atom stereocenters. The molecule has 0 saturated heterocycles. The number of aromatic amines is 1. The van der Waals surface area contributed by atoms with Crippen LogP contribution in [-0.2, 0) is 4.79 Å². The van der Waals surface area contributed by atoms with Crippen LogP contribution < -0.4 is 10.6 Å². The molecule has 0 aromatic carbocycles. The molecule has 0 fully saturated rings. The third-order valence-electron chi connectivity index (χ3n) is 3.34.